The molecule has 0 aliphatic rings. The van der Waals surface area contributed by atoms with Gasteiger partial charge in [0.05, 0.1) is 21.5 Å². The van der Waals surface area contributed by atoms with Gasteiger partial charge in [0.1, 0.15) is 33.5 Å². The molecule has 202 valence electrons. The largest absolute Gasteiger partial charge is 0.456 e. The van der Waals surface area contributed by atoms with Crippen molar-refractivity contribution in [3.8, 4) is 22.3 Å². The highest BCUT2D eigenvalue weighted by Crippen LogP contribution is 2.40. The molecule has 0 radical (unpaired) electrons. The van der Waals surface area contributed by atoms with Crippen molar-refractivity contribution >= 4 is 65.8 Å². The Kier molecular flexibility index (Phi) is 4.85. The van der Waals surface area contributed by atoms with E-state index in [9.17, 15) is 9.59 Å². The molecule has 43 heavy (non-hydrogen) atoms. The van der Waals surface area contributed by atoms with Crippen LogP contribution in [0.1, 0.15) is 0 Å². The Morgan fingerprint density at radius 1 is 0.349 bits per heavy atom. The van der Waals surface area contributed by atoms with Crippen LogP contribution in [-0.4, -0.2) is 0 Å². The lowest BCUT2D eigenvalue weighted by Crippen LogP contribution is -2.01. The van der Waals surface area contributed by atoms with Gasteiger partial charge in [-0.05, 0) is 59.7 Å². The van der Waals surface area contributed by atoms with Crippen molar-refractivity contribution in [1.82, 2.24) is 0 Å². The molecule has 3 aromatic heterocycles. The average molecular weight is 557 g/mol. The molecule has 0 bridgehead atoms. The molecule has 0 atom stereocenters. The van der Waals surface area contributed by atoms with Crippen LogP contribution < -0.4 is 10.9 Å². The van der Waals surface area contributed by atoms with Gasteiger partial charge in [-0.2, -0.15) is 0 Å². The quantitative estimate of drug-likeness (QED) is 0.198. The Morgan fingerprint density at radius 3 is 1.51 bits per heavy atom. The van der Waals surface area contributed by atoms with Crippen molar-refractivity contribution in [3.05, 3.63) is 142 Å². The van der Waals surface area contributed by atoms with Crippen LogP contribution in [-0.2, 0) is 0 Å². The number of benzene rings is 6. The maximum absolute atomic E-state index is 13.4. The van der Waals surface area contributed by atoms with Crippen LogP contribution in [0.5, 0.6) is 0 Å². The van der Waals surface area contributed by atoms with E-state index in [1.807, 2.05) is 109 Å². The van der Waals surface area contributed by atoms with Gasteiger partial charge in [0, 0.05) is 21.9 Å². The molecular formula is C38H20O5. The molecule has 9 rings (SSSR count). The second kappa shape index (κ2) is 8.78. The first-order valence-electron chi connectivity index (χ1n) is 14.0. The normalized spacial score (nSPS) is 11.9. The molecule has 0 fully saturated rings. The van der Waals surface area contributed by atoms with Crippen LogP contribution in [0.25, 0.3) is 88.1 Å². The SMILES string of the molecule is O=c1c2ccccc2oc2cc(-c3cccc4c3oc3c(-c5ccc6oc7ccccc7c(=O)c6c5)cccc34)ccc12. The minimum absolute atomic E-state index is 0.0487. The number of hydrogen-bond donors (Lipinski definition) is 0. The number of hydrogen-bond acceptors (Lipinski definition) is 5. The highest BCUT2D eigenvalue weighted by Gasteiger charge is 2.18. The maximum atomic E-state index is 13.4. The van der Waals surface area contributed by atoms with Gasteiger partial charge in [0.25, 0.3) is 0 Å². The van der Waals surface area contributed by atoms with Gasteiger partial charge in [-0.1, -0.05) is 72.8 Å². The van der Waals surface area contributed by atoms with E-state index in [4.69, 9.17) is 13.3 Å². The van der Waals surface area contributed by atoms with E-state index in [0.29, 0.717) is 43.9 Å². The van der Waals surface area contributed by atoms with Gasteiger partial charge in [-0.25, -0.2) is 0 Å². The van der Waals surface area contributed by atoms with Crippen molar-refractivity contribution in [3.63, 3.8) is 0 Å². The zero-order valence-corrected chi connectivity index (χ0v) is 22.6. The number of fused-ring (bicyclic) bond motifs is 7. The van der Waals surface area contributed by atoms with Crippen LogP contribution in [0.2, 0.25) is 0 Å². The molecule has 5 heteroatoms. The fourth-order valence-corrected chi connectivity index (χ4v) is 6.21. The molecule has 0 spiro atoms. The van der Waals surface area contributed by atoms with E-state index < -0.39 is 0 Å². The summed E-state index contributed by atoms with van der Waals surface area (Å²) in [6.45, 7) is 0. The fraction of sp³-hybridized carbons (Fsp3) is 0. The predicted molar refractivity (Wildman–Crippen MR) is 172 cm³/mol. The van der Waals surface area contributed by atoms with E-state index in [1.54, 1.807) is 12.1 Å². The summed E-state index contributed by atoms with van der Waals surface area (Å²) < 4.78 is 18.8. The Morgan fingerprint density at radius 2 is 0.837 bits per heavy atom. The molecule has 0 aliphatic heterocycles. The summed E-state index contributed by atoms with van der Waals surface area (Å²) >= 11 is 0. The first-order valence-corrected chi connectivity index (χ1v) is 14.0. The van der Waals surface area contributed by atoms with Gasteiger partial charge in [-0.3, -0.25) is 9.59 Å². The number of furan rings is 1. The standard InChI is InChI=1S/C38H20O5/c39-35-27-7-1-4-14-32(27)42-34-20-22(15-17-29(34)35)24-10-6-12-26-25-11-5-9-23(37(25)43-38(24)26)21-16-18-33-30(19-21)36(40)28-8-2-3-13-31(28)41-33/h1-20H. The molecule has 0 N–H and O–H groups in total. The summed E-state index contributed by atoms with van der Waals surface area (Å²) in [4.78, 5) is 26.5. The molecule has 3 heterocycles. The van der Waals surface area contributed by atoms with Crippen molar-refractivity contribution in [2.45, 2.75) is 0 Å². The molecule has 9 aromatic rings. The van der Waals surface area contributed by atoms with Gasteiger partial charge < -0.3 is 13.3 Å². The van der Waals surface area contributed by atoms with E-state index in [2.05, 4.69) is 0 Å². The van der Waals surface area contributed by atoms with Crippen LogP contribution in [0.15, 0.2) is 144 Å². The third-order valence-corrected chi connectivity index (χ3v) is 8.30. The zero-order chi connectivity index (χ0) is 28.7. The Labute approximate surface area is 242 Å². The Bertz CT molecular complexity index is 2720. The summed E-state index contributed by atoms with van der Waals surface area (Å²) in [5.74, 6) is 0. The summed E-state index contributed by atoms with van der Waals surface area (Å²) in [5.41, 5.74) is 7.07. The van der Waals surface area contributed by atoms with E-state index in [1.165, 1.54) is 0 Å². The monoisotopic (exact) mass is 556 g/mol. The van der Waals surface area contributed by atoms with Crippen molar-refractivity contribution in [1.29, 1.82) is 0 Å². The van der Waals surface area contributed by atoms with Crippen LogP contribution in [0, 0.1) is 0 Å². The molecular weight excluding hydrogens is 536 g/mol. The van der Waals surface area contributed by atoms with Crippen LogP contribution in [0.3, 0.4) is 0 Å². The highest BCUT2D eigenvalue weighted by atomic mass is 16.3. The summed E-state index contributed by atoms with van der Waals surface area (Å²) in [5, 5.41) is 4.12. The fourth-order valence-electron chi connectivity index (χ4n) is 6.21. The summed E-state index contributed by atoms with van der Waals surface area (Å²) in [7, 11) is 0. The number of rotatable bonds is 2. The lowest BCUT2D eigenvalue weighted by Gasteiger charge is -2.06. The molecule has 0 aliphatic carbocycles. The maximum Gasteiger partial charge on any atom is 0.200 e. The highest BCUT2D eigenvalue weighted by molar-refractivity contribution is 6.13. The molecule has 0 saturated heterocycles. The van der Waals surface area contributed by atoms with Crippen molar-refractivity contribution in [2.24, 2.45) is 0 Å². The smallest absolute Gasteiger partial charge is 0.200 e. The Hall–Kier alpha value is -5.94. The first-order chi connectivity index (χ1) is 21.1. The van der Waals surface area contributed by atoms with Gasteiger partial charge in [0.15, 0.2) is 0 Å². The number of para-hydroxylation sites is 4. The molecule has 0 amide bonds. The lowest BCUT2D eigenvalue weighted by molar-refractivity contribution is 0.659. The second-order valence-electron chi connectivity index (χ2n) is 10.7. The van der Waals surface area contributed by atoms with Crippen LogP contribution in [0.4, 0.5) is 0 Å². The van der Waals surface area contributed by atoms with Gasteiger partial charge in [0.2, 0.25) is 10.9 Å². The van der Waals surface area contributed by atoms with Crippen LogP contribution >= 0.6 is 0 Å². The van der Waals surface area contributed by atoms with E-state index in [-0.39, 0.29) is 10.9 Å². The summed E-state index contributed by atoms with van der Waals surface area (Å²) in [6, 6.07) is 38.0. The lowest BCUT2D eigenvalue weighted by atomic mass is 9.98. The predicted octanol–water partition coefficient (Wildman–Crippen LogP) is 9.44. The Balaban J connectivity index is 1.25. The van der Waals surface area contributed by atoms with E-state index >= 15 is 0 Å². The summed E-state index contributed by atoms with van der Waals surface area (Å²) in [6.07, 6.45) is 0. The van der Waals surface area contributed by atoms with Crippen molar-refractivity contribution < 1.29 is 13.3 Å². The molecule has 5 nitrogen and oxygen atoms in total. The minimum atomic E-state index is -0.0616. The zero-order valence-electron chi connectivity index (χ0n) is 22.6. The van der Waals surface area contributed by atoms with Gasteiger partial charge in [-0.15, -0.1) is 0 Å². The van der Waals surface area contributed by atoms with Gasteiger partial charge >= 0.3 is 0 Å². The third-order valence-electron chi connectivity index (χ3n) is 8.30. The average Bonchev–Trinajstić information content (AvgIpc) is 3.44. The molecule has 0 saturated carbocycles. The third kappa shape index (κ3) is 3.45. The minimum Gasteiger partial charge on any atom is -0.456 e. The topological polar surface area (TPSA) is 73.6 Å². The molecule has 6 aromatic carbocycles. The van der Waals surface area contributed by atoms with Crippen molar-refractivity contribution in [2.75, 3.05) is 0 Å². The second-order valence-corrected chi connectivity index (χ2v) is 10.7. The van der Waals surface area contributed by atoms with E-state index in [0.717, 1.165) is 44.2 Å². The molecule has 0 unspecified atom stereocenters. The first kappa shape index (κ1) is 23.7.